The number of benzene rings is 1. The Bertz CT molecular complexity index is 801. The van der Waals surface area contributed by atoms with Gasteiger partial charge in [0, 0.05) is 38.2 Å². The van der Waals surface area contributed by atoms with Crippen molar-refractivity contribution in [1.29, 1.82) is 0 Å². The molecule has 2 aliphatic heterocycles. The number of nitrogens with zero attached hydrogens (tertiary/aromatic N) is 3. The number of amides is 1. The number of imidazole rings is 1. The van der Waals surface area contributed by atoms with E-state index in [1.807, 2.05) is 34.8 Å². The highest BCUT2D eigenvalue weighted by Gasteiger charge is 2.38. The predicted octanol–water partition coefficient (Wildman–Crippen LogP) is 2.62. The molecule has 3 heterocycles. The number of aromatic nitrogens is 2. The van der Waals surface area contributed by atoms with Crippen LogP contribution in [0.25, 0.3) is 0 Å². The molecule has 1 aromatic carbocycles. The van der Waals surface area contributed by atoms with Crippen LogP contribution in [-0.2, 0) is 23.1 Å². The van der Waals surface area contributed by atoms with Crippen molar-refractivity contribution in [3.8, 4) is 5.75 Å². The summed E-state index contributed by atoms with van der Waals surface area (Å²) in [5.41, 5.74) is 2.25. The molecule has 1 saturated heterocycles. The number of fused-ring (bicyclic) bond motifs is 1. The summed E-state index contributed by atoms with van der Waals surface area (Å²) in [6.45, 7) is 4.42. The van der Waals surface area contributed by atoms with E-state index in [0.29, 0.717) is 26.3 Å². The Kier molecular flexibility index (Phi) is 4.68. The Morgan fingerprint density at radius 1 is 1.31 bits per heavy atom. The number of ether oxygens (including phenoxy) is 2. The highest BCUT2D eigenvalue weighted by atomic mass is 16.5. The largest absolute Gasteiger partial charge is 0.491 e. The average Bonchev–Trinajstić information content (AvgIpc) is 2.96. The molecule has 2 aromatic rings. The third-order valence-corrected chi connectivity index (χ3v) is 5.26. The van der Waals surface area contributed by atoms with Crippen LogP contribution >= 0.6 is 0 Å². The van der Waals surface area contributed by atoms with Crippen molar-refractivity contribution in [3.05, 3.63) is 47.5 Å². The first kappa shape index (κ1) is 17.1. The summed E-state index contributed by atoms with van der Waals surface area (Å²) in [7, 11) is 1.95. The molecule has 0 bridgehead atoms. The second kappa shape index (κ2) is 7.11. The molecular weight excluding hydrogens is 330 g/mol. The van der Waals surface area contributed by atoms with E-state index in [1.54, 1.807) is 6.20 Å². The lowest BCUT2D eigenvalue weighted by Gasteiger charge is -2.34. The van der Waals surface area contributed by atoms with Crippen molar-refractivity contribution in [2.45, 2.75) is 32.4 Å². The van der Waals surface area contributed by atoms with Gasteiger partial charge in [0.05, 0.1) is 12.5 Å². The molecule has 0 N–H and O–H groups in total. The molecule has 0 spiro atoms. The molecule has 0 radical (unpaired) electrons. The number of hydrogen-bond acceptors (Lipinski definition) is 4. The molecule has 2 aliphatic rings. The van der Waals surface area contributed by atoms with E-state index < -0.39 is 0 Å². The van der Waals surface area contributed by atoms with Crippen molar-refractivity contribution in [1.82, 2.24) is 14.5 Å². The standard InChI is InChI=1S/C20H25N3O3/c1-14-5-6-17-15(12-14)13-23(9-11-25-17)20(24)16-4-3-10-26-18(16)19-21-7-8-22(19)2/h5-8,12,16,18H,3-4,9-11,13H2,1-2H3/t16-,18-/m1/s1. The van der Waals surface area contributed by atoms with Crippen LogP contribution < -0.4 is 4.74 Å². The minimum absolute atomic E-state index is 0.135. The smallest absolute Gasteiger partial charge is 0.229 e. The first-order valence-electron chi connectivity index (χ1n) is 9.23. The third-order valence-electron chi connectivity index (χ3n) is 5.26. The maximum atomic E-state index is 13.4. The minimum Gasteiger partial charge on any atom is -0.491 e. The monoisotopic (exact) mass is 355 g/mol. The third kappa shape index (κ3) is 3.21. The Labute approximate surface area is 153 Å². The summed E-state index contributed by atoms with van der Waals surface area (Å²) in [5, 5.41) is 0. The summed E-state index contributed by atoms with van der Waals surface area (Å²) < 4.78 is 13.8. The van der Waals surface area contributed by atoms with Crippen molar-refractivity contribution in [3.63, 3.8) is 0 Å². The van der Waals surface area contributed by atoms with Crippen LogP contribution in [0.4, 0.5) is 0 Å². The number of carbonyl (C=O) groups excluding carboxylic acids is 1. The lowest BCUT2D eigenvalue weighted by atomic mass is 9.92. The van der Waals surface area contributed by atoms with Crippen LogP contribution in [0.15, 0.2) is 30.6 Å². The van der Waals surface area contributed by atoms with Crippen LogP contribution in [0, 0.1) is 12.8 Å². The van der Waals surface area contributed by atoms with Crippen LogP contribution in [0.2, 0.25) is 0 Å². The van der Waals surface area contributed by atoms with Gasteiger partial charge in [-0.1, -0.05) is 17.7 Å². The molecule has 1 amide bonds. The normalized spacial score (nSPS) is 23.1. The summed E-state index contributed by atoms with van der Waals surface area (Å²) in [6.07, 6.45) is 5.10. The van der Waals surface area contributed by atoms with Gasteiger partial charge in [0.15, 0.2) is 0 Å². The minimum atomic E-state index is -0.280. The van der Waals surface area contributed by atoms with Gasteiger partial charge in [-0.05, 0) is 25.8 Å². The summed E-state index contributed by atoms with van der Waals surface area (Å²) >= 11 is 0. The molecule has 26 heavy (non-hydrogen) atoms. The molecule has 0 aliphatic carbocycles. The molecule has 1 aromatic heterocycles. The lowest BCUT2D eigenvalue weighted by molar-refractivity contribution is -0.147. The predicted molar refractivity (Wildman–Crippen MR) is 96.7 cm³/mol. The molecule has 6 heteroatoms. The first-order valence-corrected chi connectivity index (χ1v) is 9.23. The van der Waals surface area contributed by atoms with Crippen LogP contribution in [0.1, 0.15) is 35.9 Å². The van der Waals surface area contributed by atoms with E-state index >= 15 is 0 Å². The Morgan fingerprint density at radius 3 is 3.00 bits per heavy atom. The molecule has 4 rings (SSSR count). The number of carbonyl (C=O) groups is 1. The fraction of sp³-hybridized carbons (Fsp3) is 0.500. The van der Waals surface area contributed by atoms with Gasteiger partial charge in [-0.3, -0.25) is 4.79 Å². The molecule has 138 valence electrons. The Morgan fingerprint density at radius 2 is 2.19 bits per heavy atom. The molecule has 1 fully saturated rings. The molecule has 0 unspecified atom stereocenters. The van der Waals surface area contributed by atoms with Crippen molar-refractivity contribution in [2.24, 2.45) is 13.0 Å². The van der Waals surface area contributed by atoms with E-state index in [2.05, 4.69) is 18.0 Å². The second-order valence-corrected chi connectivity index (χ2v) is 7.16. The first-order chi connectivity index (χ1) is 12.6. The SMILES string of the molecule is Cc1ccc2c(c1)CN(C(=O)[C@@H]1CCCO[C@H]1c1nccn1C)CCO2. The fourth-order valence-electron chi connectivity index (χ4n) is 3.89. The van der Waals surface area contributed by atoms with Crippen LogP contribution in [0.3, 0.4) is 0 Å². The van der Waals surface area contributed by atoms with Gasteiger partial charge in [-0.2, -0.15) is 0 Å². The number of rotatable bonds is 2. The van der Waals surface area contributed by atoms with Gasteiger partial charge < -0.3 is 18.9 Å². The van der Waals surface area contributed by atoms with Crippen molar-refractivity contribution in [2.75, 3.05) is 19.8 Å². The van der Waals surface area contributed by atoms with Crippen molar-refractivity contribution >= 4 is 5.91 Å². The van der Waals surface area contributed by atoms with Gasteiger partial charge in [0.2, 0.25) is 5.91 Å². The van der Waals surface area contributed by atoms with Crippen LogP contribution in [-0.4, -0.2) is 40.1 Å². The highest BCUT2D eigenvalue weighted by molar-refractivity contribution is 5.80. The summed E-state index contributed by atoms with van der Waals surface area (Å²) in [4.78, 5) is 19.7. The molecular formula is C20H25N3O3. The zero-order valence-corrected chi connectivity index (χ0v) is 15.4. The van der Waals surface area contributed by atoms with Crippen molar-refractivity contribution < 1.29 is 14.3 Å². The topological polar surface area (TPSA) is 56.6 Å². The van der Waals surface area contributed by atoms with E-state index in [-0.39, 0.29) is 17.9 Å². The maximum absolute atomic E-state index is 13.4. The zero-order valence-electron chi connectivity index (χ0n) is 15.4. The molecule has 6 nitrogen and oxygen atoms in total. The quantitative estimate of drug-likeness (QED) is 0.831. The van der Waals surface area contributed by atoms with E-state index in [9.17, 15) is 4.79 Å². The fourth-order valence-corrected chi connectivity index (χ4v) is 3.89. The zero-order chi connectivity index (χ0) is 18.1. The van der Waals surface area contributed by atoms with E-state index in [4.69, 9.17) is 9.47 Å². The second-order valence-electron chi connectivity index (χ2n) is 7.16. The van der Waals surface area contributed by atoms with E-state index in [1.165, 1.54) is 5.56 Å². The molecule has 0 saturated carbocycles. The number of aryl methyl sites for hydroxylation is 2. The Hall–Kier alpha value is -2.34. The molecule has 2 atom stereocenters. The highest BCUT2D eigenvalue weighted by Crippen LogP contribution is 2.35. The van der Waals surface area contributed by atoms with Gasteiger partial charge in [0.25, 0.3) is 0 Å². The van der Waals surface area contributed by atoms with Gasteiger partial charge in [-0.15, -0.1) is 0 Å². The number of hydrogen-bond donors (Lipinski definition) is 0. The summed E-state index contributed by atoms with van der Waals surface area (Å²) in [6, 6.07) is 6.15. The van der Waals surface area contributed by atoms with Gasteiger partial charge in [0.1, 0.15) is 24.3 Å². The lowest BCUT2D eigenvalue weighted by Crippen LogP contribution is -2.42. The van der Waals surface area contributed by atoms with Crippen LogP contribution in [0.5, 0.6) is 5.75 Å². The van der Waals surface area contributed by atoms with E-state index in [0.717, 1.165) is 30.0 Å². The van der Waals surface area contributed by atoms with Gasteiger partial charge >= 0.3 is 0 Å². The maximum Gasteiger partial charge on any atom is 0.229 e. The Balaban J connectivity index is 1.58. The summed E-state index contributed by atoms with van der Waals surface area (Å²) in [5.74, 6) is 1.64. The average molecular weight is 355 g/mol. The van der Waals surface area contributed by atoms with Gasteiger partial charge in [-0.25, -0.2) is 4.98 Å².